The lowest BCUT2D eigenvalue weighted by Crippen LogP contribution is -2.44. The molecule has 0 N–H and O–H groups in total. The summed E-state index contributed by atoms with van der Waals surface area (Å²) in [5, 5.41) is -0.00159. The van der Waals surface area contributed by atoms with E-state index in [1.54, 1.807) is 6.08 Å². The summed E-state index contributed by atoms with van der Waals surface area (Å²) in [6.07, 6.45) is 0.595. The van der Waals surface area contributed by atoms with Gasteiger partial charge in [0.05, 0.1) is 6.10 Å². The van der Waals surface area contributed by atoms with Crippen molar-refractivity contribution in [2.75, 3.05) is 0 Å². The molecular weight excluding hydrogens is 216 g/mol. The van der Waals surface area contributed by atoms with Crippen LogP contribution in [0.3, 0.4) is 0 Å². The molecule has 3 heteroatoms. The lowest BCUT2D eigenvalue weighted by atomic mass is 10.1. The molecule has 2 nitrogen and oxygen atoms in total. The van der Waals surface area contributed by atoms with E-state index in [2.05, 4.69) is 40.4 Å². The molecule has 0 heterocycles. The molecule has 0 aliphatic carbocycles. The molecule has 0 saturated heterocycles. The Hall–Kier alpha value is -0.413. The number of aldehydes is 1. The van der Waals surface area contributed by atoms with Crippen molar-refractivity contribution in [2.24, 2.45) is 0 Å². The van der Waals surface area contributed by atoms with Gasteiger partial charge >= 0.3 is 0 Å². The molecule has 0 bridgehead atoms. The number of carbonyl (C=O) groups is 1. The number of hydrogen-bond acceptors (Lipinski definition) is 2. The highest BCUT2D eigenvalue weighted by molar-refractivity contribution is 6.74. The van der Waals surface area contributed by atoms with Gasteiger partial charge in [-0.25, -0.2) is 0 Å². The highest BCUT2D eigenvalue weighted by Gasteiger charge is 2.38. The maximum atomic E-state index is 10.9. The summed E-state index contributed by atoms with van der Waals surface area (Å²) >= 11 is 0. The summed E-state index contributed by atoms with van der Waals surface area (Å²) in [7, 11) is -2.08. The number of carbonyl (C=O) groups excluding carboxylic acids is 1. The average Bonchev–Trinajstić information content (AvgIpc) is 2.22. The molecule has 0 aliphatic rings. The molecule has 16 heavy (non-hydrogen) atoms. The fourth-order valence-corrected chi connectivity index (χ4v) is 2.30. The molecule has 94 valence electrons. The zero-order valence-corrected chi connectivity index (χ0v) is 12.2. The maximum Gasteiger partial charge on any atom is 0.192 e. The van der Waals surface area contributed by atoms with Gasteiger partial charge in [-0.15, -0.1) is 6.58 Å². The summed E-state index contributed by atoms with van der Waals surface area (Å²) < 4.78 is 21.6. The van der Waals surface area contributed by atoms with Gasteiger partial charge in [0, 0.05) is 9.11 Å². The van der Waals surface area contributed by atoms with E-state index < -0.39 is 20.8 Å². The Morgan fingerprint density at radius 3 is 2.44 bits per heavy atom. The third kappa shape index (κ3) is 5.08. The number of allylic oxidation sites excluding steroid dienone is 1. The molecule has 0 aromatic rings. The number of rotatable bonds is 7. The van der Waals surface area contributed by atoms with Gasteiger partial charge in [-0.05, 0) is 31.0 Å². The van der Waals surface area contributed by atoms with Crippen molar-refractivity contribution in [2.45, 2.75) is 64.2 Å². The molecule has 0 radical (unpaired) electrons. The number of hydrogen-bond donors (Lipinski definition) is 0. The molecule has 0 aliphatic heterocycles. The van der Waals surface area contributed by atoms with Crippen molar-refractivity contribution < 1.29 is 12.0 Å². The minimum Gasteiger partial charge on any atom is -0.413 e. The SMILES string of the molecule is [2H]C([2H])(C=O)[C@H](CCC=C)O[Si](C)(C)C(C)(C)C. The van der Waals surface area contributed by atoms with Crippen LogP contribution in [-0.4, -0.2) is 20.7 Å². The van der Waals surface area contributed by atoms with Gasteiger partial charge in [-0.2, -0.15) is 0 Å². The highest BCUT2D eigenvalue weighted by Crippen LogP contribution is 2.37. The molecule has 0 aromatic carbocycles. The zero-order valence-electron chi connectivity index (χ0n) is 13.2. The molecule has 0 unspecified atom stereocenters. The van der Waals surface area contributed by atoms with Crippen molar-refractivity contribution in [3.8, 4) is 0 Å². The van der Waals surface area contributed by atoms with E-state index in [0.29, 0.717) is 19.1 Å². The first-order valence-corrected chi connectivity index (χ1v) is 8.64. The van der Waals surface area contributed by atoms with E-state index in [4.69, 9.17) is 7.17 Å². The standard InChI is InChI=1S/C13H26O2Si/c1-7-8-9-12(10-11-14)15-16(5,6)13(2,3)4/h7,11-12H,1,8-10H2,2-6H3/t12-/m0/s1/i10D2. The zero-order chi connectivity index (χ0) is 14.6. The van der Waals surface area contributed by atoms with Crippen LogP contribution < -0.4 is 0 Å². The first kappa shape index (κ1) is 12.1. The first-order valence-electron chi connectivity index (χ1n) is 6.73. The normalized spacial score (nSPS) is 17.3. The average molecular weight is 244 g/mol. The van der Waals surface area contributed by atoms with E-state index in [1.807, 2.05) is 0 Å². The Morgan fingerprint density at radius 1 is 1.50 bits per heavy atom. The predicted octanol–water partition coefficient (Wildman–Crippen LogP) is 3.93. The van der Waals surface area contributed by atoms with E-state index >= 15 is 0 Å². The van der Waals surface area contributed by atoms with Crippen LogP contribution in [0.2, 0.25) is 18.1 Å². The molecule has 0 fully saturated rings. The van der Waals surface area contributed by atoms with Gasteiger partial charge in [0.25, 0.3) is 0 Å². The second kappa shape index (κ2) is 6.35. The maximum absolute atomic E-state index is 10.9. The third-order valence-electron chi connectivity index (χ3n) is 3.13. The lowest BCUT2D eigenvalue weighted by Gasteiger charge is -2.39. The van der Waals surface area contributed by atoms with Gasteiger partial charge in [-0.1, -0.05) is 26.8 Å². The fraction of sp³-hybridized carbons (Fsp3) is 0.769. The quantitative estimate of drug-likeness (QED) is 0.385. The van der Waals surface area contributed by atoms with E-state index in [1.165, 1.54) is 0 Å². The summed E-state index contributed by atoms with van der Waals surface area (Å²) in [5.41, 5.74) is 0. The predicted molar refractivity (Wildman–Crippen MR) is 72.2 cm³/mol. The minimum absolute atomic E-state index is 0.00159. The fourth-order valence-electron chi connectivity index (χ4n) is 1.05. The molecule has 0 rings (SSSR count). The second-order valence-electron chi connectivity index (χ2n) is 5.52. The van der Waals surface area contributed by atoms with Crippen LogP contribution in [0.1, 0.15) is 42.7 Å². The van der Waals surface area contributed by atoms with Crippen LogP contribution in [-0.2, 0) is 9.22 Å². The summed E-state index contributed by atoms with van der Waals surface area (Å²) in [4.78, 5) is 10.9. The van der Waals surface area contributed by atoms with E-state index in [9.17, 15) is 4.79 Å². The minimum atomic E-state index is -2.08. The summed E-state index contributed by atoms with van der Waals surface area (Å²) in [6, 6.07) is 0. The topological polar surface area (TPSA) is 26.3 Å². The van der Waals surface area contributed by atoms with Crippen LogP contribution in [0.4, 0.5) is 0 Å². The van der Waals surface area contributed by atoms with Gasteiger partial charge < -0.3 is 9.22 Å². The Kier molecular flexibility index (Phi) is 4.79. The van der Waals surface area contributed by atoms with E-state index in [0.717, 1.165) is 0 Å². The van der Waals surface area contributed by atoms with Crippen LogP contribution in [0.15, 0.2) is 12.7 Å². The van der Waals surface area contributed by atoms with Crippen LogP contribution >= 0.6 is 0 Å². The van der Waals surface area contributed by atoms with Crippen molar-refractivity contribution in [3.63, 3.8) is 0 Å². The van der Waals surface area contributed by atoms with Crippen molar-refractivity contribution in [1.29, 1.82) is 0 Å². The van der Waals surface area contributed by atoms with Gasteiger partial charge in [0.2, 0.25) is 0 Å². The Labute approximate surface area is 104 Å². The summed E-state index contributed by atoms with van der Waals surface area (Å²) in [6.45, 7) is 14.1. The largest absolute Gasteiger partial charge is 0.413 e. The third-order valence-corrected chi connectivity index (χ3v) is 7.62. The molecule has 0 spiro atoms. The van der Waals surface area contributed by atoms with Crippen LogP contribution in [0, 0.1) is 0 Å². The van der Waals surface area contributed by atoms with Gasteiger partial charge in [0.1, 0.15) is 6.29 Å². The molecule has 0 saturated carbocycles. The monoisotopic (exact) mass is 244 g/mol. The van der Waals surface area contributed by atoms with Crippen LogP contribution in [0.5, 0.6) is 0 Å². The smallest absolute Gasteiger partial charge is 0.192 e. The van der Waals surface area contributed by atoms with Gasteiger partial charge in [0.15, 0.2) is 8.32 Å². The molecule has 1 atom stereocenters. The van der Waals surface area contributed by atoms with Crippen molar-refractivity contribution in [1.82, 2.24) is 0 Å². The van der Waals surface area contributed by atoms with Gasteiger partial charge in [-0.3, -0.25) is 0 Å². The molecule has 0 amide bonds. The van der Waals surface area contributed by atoms with Crippen molar-refractivity contribution >= 4 is 14.6 Å². The van der Waals surface area contributed by atoms with E-state index in [-0.39, 0.29) is 5.04 Å². The lowest BCUT2D eigenvalue weighted by molar-refractivity contribution is -0.109. The summed E-state index contributed by atoms with van der Waals surface area (Å²) in [5.74, 6) is 0. The highest BCUT2D eigenvalue weighted by atomic mass is 28.4. The Balaban J connectivity index is 5.01. The Bertz CT molecular complexity index is 296. The molecule has 0 aromatic heterocycles. The Morgan fingerprint density at radius 2 is 2.06 bits per heavy atom. The second-order valence-corrected chi connectivity index (χ2v) is 10.3. The molecular formula is C13H26O2Si. The van der Waals surface area contributed by atoms with Crippen molar-refractivity contribution in [3.05, 3.63) is 12.7 Å². The first-order chi connectivity index (χ1) is 7.98. The van der Waals surface area contributed by atoms with Crippen LogP contribution in [0.25, 0.3) is 0 Å².